The number of aromatic nitrogens is 3. The lowest BCUT2D eigenvalue weighted by Crippen LogP contribution is -2.47. The number of hydrogen-bond donors (Lipinski definition) is 1. The average molecular weight is 392 g/mol. The molecule has 2 aromatic heterocycles. The monoisotopic (exact) mass is 391 g/mol. The van der Waals surface area contributed by atoms with Gasteiger partial charge in [0.15, 0.2) is 0 Å². The van der Waals surface area contributed by atoms with Gasteiger partial charge in [-0.3, -0.25) is 14.9 Å². The summed E-state index contributed by atoms with van der Waals surface area (Å²) in [5.41, 5.74) is 4.04. The summed E-state index contributed by atoms with van der Waals surface area (Å²) < 4.78 is 0. The number of hydrogen-bond acceptors (Lipinski definition) is 6. The van der Waals surface area contributed by atoms with Crippen molar-refractivity contribution in [2.75, 3.05) is 31.1 Å². The zero-order valence-corrected chi connectivity index (χ0v) is 17.4. The number of rotatable bonds is 5. The van der Waals surface area contributed by atoms with Crippen LogP contribution < -0.4 is 4.90 Å². The van der Waals surface area contributed by atoms with Crippen LogP contribution in [-0.4, -0.2) is 51.1 Å². The Labute approximate surface area is 172 Å². The molecule has 0 spiro atoms. The minimum atomic E-state index is -0.458. The molecule has 1 N–H and O–H groups in total. The van der Waals surface area contributed by atoms with E-state index >= 15 is 0 Å². The largest absolute Gasteiger partial charge is 0.388 e. The first-order valence-electron chi connectivity index (χ1n) is 10.4. The standard InChI is InChI=1S/C23H29N5O/c1-16(2)23(29)19-5-7-22(26-15-19)28-12-10-27(11-13-28)17(3)18-4-6-20-21(14-18)25-9-8-24-20/h4-9,14-17,23,29H,10-13H2,1-3H3. The van der Waals surface area contributed by atoms with E-state index in [1.54, 1.807) is 12.4 Å². The van der Waals surface area contributed by atoms with Crippen molar-refractivity contribution in [3.8, 4) is 0 Å². The lowest BCUT2D eigenvalue weighted by atomic mass is 10.0. The van der Waals surface area contributed by atoms with Crippen LogP contribution in [0.3, 0.4) is 0 Å². The molecule has 1 saturated heterocycles. The summed E-state index contributed by atoms with van der Waals surface area (Å²) in [5.74, 6) is 1.17. The third kappa shape index (κ3) is 4.23. The van der Waals surface area contributed by atoms with Gasteiger partial charge in [0, 0.05) is 50.8 Å². The van der Waals surface area contributed by atoms with Gasteiger partial charge < -0.3 is 10.0 Å². The van der Waals surface area contributed by atoms with Crippen LogP contribution in [0.1, 0.15) is 44.0 Å². The highest BCUT2D eigenvalue weighted by Gasteiger charge is 2.23. The molecule has 6 heteroatoms. The minimum Gasteiger partial charge on any atom is -0.388 e. The van der Waals surface area contributed by atoms with Gasteiger partial charge in [-0.05, 0) is 42.2 Å². The number of pyridine rings is 1. The SMILES string of the molecule is CC(C)C(O)c1ccc(N2CCN(C(C)c3ccc4nccnc4c3)CC2)nc1. The van der Waals surface area contributed by atoms with E-state index in [-0.39, 0.29) is 5.92 Å². The van der Waals surface area contributed by atoms with Gasteiger partial charge in [0.25, 0.3) is 0 Å². The van der Waals surface area contributed by atoms with Crippen molar-refractivity contribution in [3.05, 3.63) is 60.0 Å². The van der Waals surface area contributed by atoms with E-state index in [1.807, 2.05) is 32.2 Å². The quantitative estimate of drug-likeness (QED) is 0.717. The maximum absolute atomic E-state index is 10.2. The molecule has 0 radical (unpaired) electrons. The number of piperazine rings is 1. The maximum Gasteiger partial charge on any atom is 0.128 e. The van der Waals surface area contributed by atoms with Crippen LogP contribution in [-0.2, 0) is 0 Å². The molecular formula is C23H29N5O. The summed E-state index contributed by atoms with van der Waals surface area (Å²) in [5, 5.41) is 10.2. The predicted molar refractivity (Wildman–Crippen MR) is 116 cm³/mol. The summed E-state index contributed by atoms with van der Waals surface area (Å²) in [4.78, 5) is 18.2. The molecule has 4 rings (SSSR count). The van der Waals surface area contributed by atoms with Crippen LogP contribution in [0.15, 0.2) is 48.9 Å². The third-order valence-electron chi connectivity index (χ3n) is 5.91. The van der Waals surface area contributed by atoms with Gasteiger partial charge in [0.05, 0.1) is 17.1 Å². The normalized spacial score (nSPS) is 17.6. The summed E-state index contributed by atoms with van der Waals surface area (Å²) in [6.45, 7) is 10.1. The van der Waals surface area contributed by atoms with Crippen LogP contribution in [0.2, 0.25) is 0 Å². The van der Waals surface area contributed by atoms with Crippen molar-refractivity contribution < 1.29 is 5.11 Å². The first kappa shape index (κ1) is 19.7. The topological polar surface area (TPSA) is 65.4 Å². The van der Waals surface area contributed by atoms with Gasteiger partial charge >= 0.3 is 0 Å². The number of nitrogens with zero attached hydrogens (tertiary/aromatic N) is 5. The third-order valence-corrected chi connectivity index (χ3v) is 5.91. The van der Waals surface area contributed by atoms with E-state index in [0.717, 1.165) is 48.6 Å². The minimum absolute atomic E-state index is 0.189. The van der Waals surface area contributed by atoms with E-state index in [4.69, 9.17) is 0 Å². The fourth-order valence-electron chi connectivity index (χ4n) is 3.93. The van der Waals surface area contributed by atoms with Gasteiger partial charge in [0.2, 0.25) is 0 Å². The van der Waals surface area contributed by atoms with Gasteiger partial charge in [-0.2, -0.15) is 0 Å². The second kappa shape index (κ2) is 8.43. The van der Waals surface area contributed by atoms with Crippen molar-refractivity contribution in [1.29, 1.82) is 0 Å². The number of fused-ring (bicyclic) bond motifs is 1. The smallest absolute Gasteiger partial charge is 0.128 e. The number of benzene rings is 1. The molecule has 29 heavy (non-hydrogen) atoms. The van der Waals surface area contributed by atoms with E-state index in [1.165, 1.54) is 5.56 Å². The van der Waals surface area contributed by atoms with Crippen LogP contribution in [0.25, 0.3) is 11.0 Å². The molecule has 0 bridgehead atoms. The van der Waals surface area contributed by atoms with Gasteiger partial charge in [-0.1, -0.05) is 26.0 Å². The highest BCUT2D eigenvalue weighted by Crippen LogP contribution is 2.26. The molecule has 1 fully saturated rings. The molecule has 0 amide bonds. The second-order valence-corrected chi connectivity index (χ2v) is 8.14. The van der Waals surface area contributed by atoms with Crippen molar-refractivity contribution in [1.82, 2.24) is 19.9 Å². The first-order chi connectivity index (χ1) is 14.0. The highest BCUT2D eigenvalue weighted by molar-refractivity contribution is 5.74. The van der Waals surface area contributed by atoms with Gasteiger partial charge in [-0.25, -0.2) is 4.98 Å². The molecule has 2 unspecified atom stereocenters. The zero-order chi connectivity index (χ0) is 20.4. The zero-order valence-electron chi connectivity index (χ0n) is 17.4. The van der Waals surface area contributed by atoms with E-state index in [9.17, 15) is 5.11 Å². The summed E-state index contributed by atoms with van der Waals surface area (Å²) in [6.07, 6.45) is 4.83. The molecule has 6 nitrogen and oxygen atoms in total. The number of aliphatic hydroxyl groups is 1. The van der Waals surface area contributed by atoms with Gasteiger partial charge in [-0.15, -0.1) is 0 Å². The van der Waals surface area contributed by atoms with E-state index < -0.39 is 6.10 Å². The molecular weight excluding hydrogens is 362 g/mol. The maximum atomic E-state index is 10.2. The van der Waals surface area contributed by atoms with Crippen LogP contribution in [0.4, 0.5) is 5.82 Å². The lowest BCUT2D eigenvalue weighted by molar-refractivity contribution is 0.126. The van der Waals surface area contributed by atoms with Crippen LogP contribution in [0, 0.1) is 5.92 Å². The average Bonchev–Trinajstić information content (AvgIpc) is 2.78. The summed E-state index contributed by atoms with van der Waals surface area (Å²) in [7, 11) is 0. The first-order valence-corrected chi connectivity index (χ1v) is 10.4. The van der Waals surface area contributed by atoms with E-state index in [2.05, 4.69) is 49.9 Å². The molecule has 1 aliphatic rings. The molecule has 0 saturated carbocycles. The van der Waals surface area contributed by atoms with Gasteiger partial charge in [0.1, 0.15) is 5.82 Å². The Balaban J connectivity index is 1.39. The lowest BCUT2D eigenvalue weighted by Gasteiger charge is -2.38. The Morgan fingerprint density at radius 3 is 2.17 bits per heavy atom. The Hall–Kier alpha value is -2.57. The van der Waals surface area contributed by atoms with Crippen LogP contribution >= 0.6 is 0 Å². The van der Waals surface area contributed by atoms with Crippen molar-refractivity contribution in [2.24, 2.45) is 5.92 Å². The molecule has 3 heterocycles. The molecule has 2 atom stereocenters. The van der Waals surface area contributed by atoms with E-state index in [0.29, 0.717) is 6.04 Å². The Kier molecular flexibility index (Phi) is 5.74. The molecule has 152 valence electrons. The molecule has 3 aromatic rings. The fourth-order valence-corrected chi connectivity index (χ4v) is 3.93. The summed E-state index contributed by atoms with van der Waals surface area (Å²) in [6, 6.07) is 10.7. The van der Waals surface area contributed by atoms with Crippen LogP contribution in [0.5, 0.6) is 0 Å². The molecule has 1 aromatic carbocycles. The van der Waals surface area contributed by atoms with Crippen molar-refractivity contribution >= 4 is 16.9 Å². The fraction of sp³-hybridized carbons (Fsp3) is 0.435. The molecule has 1 aliphatic heterocycles. The van der Waals surface area contributed by atoms with Crippen molar-refractivity contribution in [3.63, 3.8) is 0 Å². The van der Waals surface area contributed by atoms with Crippen molar-refractivity contribution in [2.45, 2.75) is 32.9 Å². The molecule has 0 aliphatic carbocycles. The number of anilines is 1. The number of aliphatic hydroxyl groups excluding tert-OH is 1. The Morgan fingerprint density at radius 2 is 1.52 bits per heavy atom. The highest BCUT2D eigenvalue weighted by atomic mass is 16.3. The summed E-state index contributed by atoms with van der Waals surface area (Å²) >= 11 is 0. The Bertz CT molecular complexity index is 951. The Morgan fingerprint density at radius 1 is 0.828 bits per heavy atom. The predicted octanol–water partition coefficient (Wildman–Crippen LogP) is 3.60. The second-order valence-electron chi connectivity index (χ2n) is 8.14.